The minimum atomic E-state index is -0.362. The SMILES string of the molecule is Cc1ccc2c(c1)c1cc(C)ccc1n2-c1c(-c2ccccc2)cc(C2=NC(c3ccc4c(c3)oc3ccccc34)=NC(c3ccccc3)N2)cc1-c1ccccc1. The van der Waals surface area contributed by atoms with Crippen LogP contribution in [0.1, 0.15) is 34.0 Å². The largest absolute Gasteiger partial charge is 0.456 e. The van der Waals surface area contributed by atoms with E-state index in [0.717, 1.165) is 72.4 Å². The van der Waals surface area contributed by atoms with Gasteiger partial charge in [0.1, 0.15) is 23.2 Å². The van der Waals surface area contributed by atoms with Crippen molar-refractivity contribution in [3.63, 3.8) is 0 Å². The molecule has 1 N–H and O–H groups in total. The molecule has 0 saturated heterocycles. The summed E-state index contributed by atoms with van der Waals surface area (Å²) >= 11 is 0. The van der Waals surface area contributed by atoms with Gasteiger partial charge >= 0.3 is 0 Å². The molecule has 1 aliphatic heterocycles. The van der Waals surface area contributed by atoms with E-state index < -0.39 is 0 Å². The number of nitrogens with one attached hydrogen (secondary N) is 1. The summed E-state index contributed by atoms with van der Waals surface area (Å²) in [6, 6.07) is 64.5. The molecule has 10 aromatic rings. The van der Waals surface area contributed by atoms with Crippen LogP contribution in [0.4, 0.5) is 0 Å². The van der Waals surface area contributed by atoms with E-state index in [1.54, 1.807) is 0 Å². The van der Waals surface area contributed by atoms with Crippen LogP contribution in [-0.4, -0.2) is 16.2 Å². The molecule has 11 rings (SSSR count). The van der Waals surface area contributed by atoms with Crippen LogP contribution in [-0.2, 0) is 0 Å². The normalized spacial score (nSPS) is 14.2. The zero-order valence-corrected chi connectivity index (χ0v) is 32.1. The van der Waals surface area contributed by atoms with Crippen LogP contribution in [0.3, 0.4) is 0 Å². The molecule has 0 bridgehead atoms. The van der Waals surface area contributed by atoms with E-state index >= 15 is 0 Å². The lowest BCUT2D eigenvalue weighted by Gasteiger charge is -2.26. The number of fused-ring (bicyclic) bond motifs is 6. The number of aliphatic imine (C=N–C) groups is 2. The Morgan fingerprint density at radius 1 is 0.483 bits per heavy atom. The number of hydrogen-bond acceptors (Lipinski definition) is 4. The zero-order valence-electron chi connectivity index (χ0n) is 32.1. The molecular weight excluding hydrogens is 709 g/mol. The number of rotatable bonds is 6. The third-order valence-corrected chi connectivity index (χ3v) is 11.3. The van der Waals surface area contributed by atoms with E-state index in [4.69, 9.17) is 14.4 Å². The second-order valence-corrected chi connectivity index (χ2v) is 15.2. The van der Waals surface area contributed by atoms with E-state index in [9.17, 15) is 0 Å². The first-order valence-electron chi connectivity index (χ1n) is 19.8. The number of para-hydroxylation sites is 1. The van der Waals surface area contributed by atoms with Crippen molar-refractivity contribution in [2.45, 2.75) is 20.0 Å². The van der Waals surface area contributed by atoms with E-state index in [2.05, 4.69) is 181 Å². The van der Waals surface area contributed by atoms with Gasteiger partial charge in [-0.1, -0.05) is 139 Å². The van der Waals surface area contributed by atoms with Crippen molar-refractivity contribution in [1.29, 1.82) is 0 Å². The predicted octanol–water partition coefficient (Wildman–Crippen LogP) is 13.1. The Morgan fingerprint density at radius 3 is 1.69 bits per heavy atom. The third-order valence-electron chi connectivity index (χ3n) is 11.3. The van der Waals surface area contributed by atoms with Gasteiger partial charge < -0.3 is 14.3 Å². The molecule has 0 radical (unpaired) electrons. The molecule has 5 nitrogen and oxygen atoms in total. The number of aromatic nitrogens is 1. The predicted molar refractivity (Wildman–Crippen MR) is 240 cm³/mol. The molecule has 3 heterocycles. The van der Waals surface area contributed by atoms with Crippen molar-refractivity contribution in [2.75, 3.05) is 0 Å². The van der Waals surface area contributed by atoms with E-state index in [1.807, 2.05) is 24.3 Å². The molecule has 1 atom stereocenters. The molecule has 0 saturated carbocycles. The summed E-state index contributed by atoms with van der Waals surface area (Å²) in [7, 11) is 0. The molecule has 276 valence electrons. The number of aryl methyl sites for hydroxylation is 2. The summed E-state index contributed by atoms with van der Waals surface area (Å²) in [6.07, 6.45) is -0.362. The van der Waals surface area contributed by atoms with Crippen molar-refractivity contribution in [3.05, 3.63) is 210 Å². The number of nitrogens with zero attached hydrogens (tertiary/aromatic N) is 3. The van der Waals surface area contributed by atoms with Gasteiger partial charge in [-0.3, -0.25) is 0 Å². The highest BCUT2D eigenvalue weighted by molar-refractivity contribution is 6.16. The molecular formula is C53H38N4O. The lowest BCUT2D eigenvalue weighted by molar-refractivity contribution is 0.667. The molecule has 2 aromatic heterocycles. The molecule has 0 aliphatic carbocycles. The fraction of sp³-hybridized carbons (Fsp3) is 0.0566. The summed E-state index contributed by atoms with van der Waals surface area (Å²) in [5.74, 6) is 1.39. The van der Waals surface area contributed by atoms with Crippen LogP contribution in [0.2, 0.25) is 0 Å². The maximum atomic E-state index is 6.34. The van der Waals surface area contributed by atoms with Gasteiger partial charge in [0.15, 0.2) is 5.84 Å². The Morgan fingerprint density at radius 2 is 1.05 bits per heavy atom. The second-order valence-electron chi connectivity index (χ2n) is 15.2. The molecule has 0 amide bonds. The highest BCUT2D eigenvalue weighted by Gasteiger charge is 2.26. The van der Waals surface area contributed by atoms with Crippen LogP contribution >= 0.6 is 0 Å². The Bertz CT molecular complexity index is 3150. The maximum Gasteiger partial charge on any atom is 0.159 e. The first-order valence-corrected chi connectivity index (χ1v) is 19.8. The first kappa shape index (κ1) is 33.8. The molecule has 0 fully saturated rings. The summed E-state index contributed by atoms with van der Waals surface area (Å²) in [6.45, 7) is 4.34. The fourth-order valence-corrected chi connectivity index (χ4v) is 8.58. The number of furan rings is 1. The second kappa shape index (κ2) is 13.6. The molecule has 0 spiro atoms. The lowest BCUT2D eigenvalue weighted by atomic mass is 9.92. The minimum Gasteiger partial charge on any atom is -0.456 e. The van der Waals surface area contributed by atoms with Crippen LogP contribution in [0.15, 0.2) is 196 Å². The standard InChI is InChI=1S/C53H38N4O/c1-33-22-26-46-44(28-33)45-29-34(2)23-27-47(45)57(46)50-42(35-14-6-3-7-15-35)30-39(31-43(50)36-16-8-4-9-17-36)53-55-51(37-18-10-5-11-19-37)54-52(56-53)38-24-25-41-40-20-12-13-21-48(40)58-49(41)32-38/h3-32,51H,1-2H3,(H,54,55,56). The summed E-state index contributed by atoms with van der Waals surface area (Å²) in [5, 5.41) is 8.41. The molecule has 5 heteroatoms. The van der Waals surface area contributed by atoms with Gasteiger partial charge in [-0.2, -0.15) is 0 Å². The van der Waals surface area contributed by atoms with Crippen LogP contribution in [0.25, 0.3) is 71.7 Å². The number of hydrogen-bond donors (Lipinski definition) is 1. The van der Waals surface area contributed by atoms with Crippen molar-refractivity contribution in [2.24, 2.45) is 9.98 Å². The zero-order chi connectivity index (χ0) is 38.7. The fourth-order valence-electron chi connectivity index (χ4n) is 8.58. The van der Waals surface area contributed by atoms with Gasteiger partial charge in [-0.25, -0.2) is 9.98 Å². The minimum absolute atomic E-state index is 0.362. The summed E-state index contributed by atoms with van der Waals surface area (Å²) in [5.41, 5.74) is 15.0. The average molecular weight is 747 g/mol. The summed E-state index contributed by atoms with van der Waals surface area (Å²) < 4.78 is 8.81. The van der Waals surface area contributed by atoms with Crippen LogP contribution in [0.5, 0.6) is 0 Å². The number of amidine groups is 2. The smallest absolute Gasteiger partial charge is 0.159 e. The number of benzene rings is 8. The highest BCUT2D eigenvalue weighted by atomic mass is 16.3. The van der Waals surface area contributed by atoms with Gasteiger partial charge in [0, 0.05) is 43.8 Å². The Balaban J connectivity index is 1.18. The molecule has 1 unspecified atom stereocenters. The Labute approximate surface area is 336 Å². The highest BCUT2D eigenvalue weighted by Crippen LogP contribution is 2.43. The lowest BCUT2D eigenvalue weighted by Crippen LogP contribution is -2.33. The Hall–Kier alpha value is -7.50. The van der Waals surface area contributed by atoms with E-state index in [-0.39, 0.29) is 6.17 Å². The van der Waals surface area contributed by atoms with Crippen molar-refractivity contribution in [3.8, 4) is 27.9 Å². The van der Waals surface area contributed by atoms with Crippen molar-refractivity contribution < 1.29 is 4.42 Å². The van der Waals surface area contributed by atoms with Gasteiger partial charge in [-0.05, 0) is 85.1 Å². The Kier molecular flexibility index (Phi) is 7.93. The van der Waals surface area contributed by atoms with Gasteiger partial charge in [0.25, 0.3) is 0 Å². The first-order chi connectivity index (χ1) is 28.6. The quantitative estimate of drug-likeness (QED) is 0.184. The van der Waals surface area contributed by atoms with Crippen molar-refractivity contribution >= 4 is 55.4 Å². The third kappa shape index (κ3) is 5.70. The molecule has 58 heavy (non-hydrogen) atoms. The monoisotopic (exact) mass is 746 g/mol. The van der Waals surface area contributed by atoms with Gasteiger partial charge in [-0.15, -0.1) is 0 Å². The van der Waals surface area contributed by atoms with E-state index in [1.165, 1.54) is 32.9 Å². The molecule has 8 aromatic carbocycles. The van der Waals surface area contributed by atoms with Crippen LogP contribution in [0, 0.1) is 13.8 Å². The average Bonchev–Trinajstić information content (AvgIpc) is 3.81. The molecule has 1 aliphatic rings. The summed E-state index contributed by atoms with van der Waals surface area (Å²) in [4.78, 5) is 10.6. The van der Waals surface area contributed by atoms with E-state index in [0.29, 0.717) is 5.84 Å². The maximum absolute atomic E-state index is 6.34. The van der Waals surface area contributed by atoms with Gasteiger partial charge in [0.05, 0.1) is 16.7 Å². The van der Waals surface area contributed by atoms with Gasteiger partial charge in [0.2, 0.25) is 0 Å². The van der Waals surface area contributed by atoms with Crippen molar-refractivity contribution in [1.82, 2.24) is 9.88 Å². The topological polar surface area (TPSA) is 54.8 Å². The van der Waals surface area contributed by atoms with Crippen LogP contribution < -0.4 is 5.32 Å².